The van der Waals surface area contributed by atoms with Crippen molar-refractivity contribution in [2.24, 2.45) is 0 Å². The van der Waals surface area contributed by atoms with E-state index in [4.69, 9.17) is 0 Å². The highest BCUT2D eigenvalue weighted by Gasteiger charge is 2.34. The third-order valence-corrected chi connectivity index (χ3v) is 5.44. The van der Waals surface area contributed by atoms with Crippen molar-refractivity contribution in [3.8, 4) is 0 Å². The average Bonchev–Trinajstić information content (AvgIpc) is 2.71. The minimum atomic E-state index is -4.51. The molecule has 0 N–H and O–H groups in total. The lowest BCUT2D eigenvalue weighted by atomic mass is 10.0. The Bertz CT molecular complexity index is 834. The number of carbonyl (C=O) groups is 1. The Hall–Kier alpha value is -2.48. The number of halogens is 3. The zero-order valence-corrected chi connectivity index (χ0v) is 16.6. The van der Waals surface area contributed by atoms with E-state index in [0.29, 0.717) is 0 Å². The molecule has 1 aliphatic rings. The summed E-state index contributed by atoms with van der Waals surface area (Å²) in [5, 5.41) is 0. The van der Waals surface area contributed by atoms with E-state index in [1.807, 2.05) is 18.2 Å². The molecule has 0 radical (unpaired) electrons. The first kappa shape index (κ1) is 21.2. The molecule has 0 spiro atoms. The second kappa shape index (κ2) is 8.90. The van der Waals surface area contributed by atoms with E-state index < -0.39 is 11.9 Å². The van der Waals surface area contributed by atoms with Gasteiger partial charge in [0, 0.05) is 51.0 Å². The van der Waals surface area contributed by atoms with Crippen LogP contribution in [0.5, 0.6) is 0 Å². The van der Waals surface area contributed by atoms with Crippen LogP contribution in [-0.4, -0.2) is 58.4 Å². The van der Waals surface area contributed by atoms with Gasteiger partial charge in [-0.05, 0) is 44.0 Å². The molecule has 2 aromatic heterocycles. The molecule has 1 saturated heterocycles. The van der Waals surface area contributed by atoms with Gasteiger partial charge in [0.05, 0.1) is 11.3 Å². The number of likely N-dealkylation sites (tertiary alicyclic amines) is 1. The Morgan fingerprint density at radius 3 is 2.52 bits per heavy atom. The van der Waals surface area contributed by atoms with Gasteiger partial charge >= 0.3 is 6.18 Å². The molecule has 0 unspecified atom stereocenters. The number of pyridine rings is 2. The van der Waals surface area contributed by atoms with Gasteiger partial charge in [0.1, 0.15) is 5.69 Å². The van der Waals surface area contributed by atoms with Gasteiger partial charge in [-0.25, -0.2) is 4.98 Å². The number of alkyl halides is 3. The fourth-order valence-electron chi connectivity index (χ4n) is 3.65. The van der Waals surface area contributed by atoms with E-state index in [-0.39, 0.29) is 23.2 Å². The van der Waals surface area contributed by atoms with Crippen LogP contribution in [0.15, 0.2) is 36.5 Å². The highest BCUT2D eigenvalue weighted by Crippen LogP contribution is 2.28. The largest absolute Gasteiger partial charge is 0.433 e. The van der Waals surface area contributed by atoms with Gasteiger partial charge in [0.15, 0.2) is 0 Å². The standard InChI is InChI=1S/C21H25F3N4O/c1-15-18(6-7-19(26-15)21(22,23)24)20(29)27(2)17-9-13-28(14-10-17)12-8-16-5-3-4-11-25-16/h3-7,11,17H,8-10,12-14H2,1-2H3. The molecular weight excluding hydrogens is 381 g/mol. The second-order valence-corrected chi connectivity index (χ2v) is 7.39. The molecule has 2 aromatic rings. The topological polar surface area (TPSA) is 49.3 Å². The van der Waals surface area contributed by atoms with Crippen LogP contribution in [0.25, 0.3) is 0 Å². The molecule has 1 amide bonds. The Morgan fingerprint density at radius 2 is 1.93 bits per heavy atom. The fourth-order valence-corrected chi connectivity index (χ4v) is 3.65. The van der Waals surface area contributed by atoms with Gasteiger partial charge in [-0.1, -0.05) is 6.07 Å². The lowest BCUT2D eigenvalue weighted by molar-refractivity contribution is -0.141. The Kier molecular flexibility index (Phi) is 6.52. The summed E-state index contributed by atoms with van der Waals surface area (Å²) in [6.07, 6.45) is -0.174. The van der Waals surface area contributed by atoms with Crippen molar-refractivity contribution in [2.75, 3.05) is 26.7 Å². The lowest BCUT2D eigenvalue weighted by Crippen LogP contribution is -2.46. The number of rotatable bonds is 5. The summed E-state index contributed by atoms with van der Waals surface area (Å²) in [6.45, 7) is 4.11. The summed E-state index contributed by atoms with van der Waals surface area (Å²) in [5.41, 5.74) is 0.408. The molecule has 156 valence electrons. The summed E-state index contributed by atoms with van der Waals surface area (Å²) in [6, 6.07) is 8.05. The summed E-state index contributed by atoms with van der Waals surface area (Å²) in [4.78, 5) is 24.7. The van der Waals surface area contributed by atoms with Crippen LogP contribution in [0.3, 0.4) is 0 Å². The van der Waals surface area contributed by atoms with E-state index in [1.54, 1.807) is 18.1 Å². The van der Waals surface area contributed by atoms with Gasteiger partial charge in [-0.2, -0.15) is 13.2 Å². The molecule has 0 saturated carbocycles. The van der Waals surface area contributed by atoms with E-state index in [9.17, 15) is 18.0 Å². The number of aryl methyl sites for hydroxylation is 1. The normalized spacial score (nSPS) is 16.0. The van der Waals surface area contributed by atoms with Crippen LogP contribution >= 0.6 is 0 Å². The smallest absolute Gasteiger partial charge is 0.339 e. The summed E-state index contributed by atoms with van der Waals surface area (Å²) < 4.78 is 38.4. The van der Waals surface area contributed by atoms with Gasteiger partial charge < -0.3 is 9.80 Å². The molecule has 5 nitrogen and oxygen atoms in total. The van der Waals surface area contributed by atoms with Crippen LogP contribution in [0, 0.1) is 6.92 Å². The Balaban J connectivity index is 1.55. The molecule has 1 fully saturated rings. The number of piperidine rings is 1. The van der Waals surface area contributed by atoms with Crippen LogP contribution < -0.4 is 0 Å². The minimum absolute atomic E-state index is 0.0651. The number of aromatic nitrogens is 2. The van der Waals surface area contributed by atoms with E-state index >= 15 is 0 Å². The predicted molar refractivity (Wildman–Crippen MR) is 103 cm³/mol. The number of carbonyl (C=O) groups excluding carboxylic acids is 1. The predicted octanol–water partition coefficient (Wildman–Crippen LogP) is 3.58. The van der Waals surface area contributed by atoms with Gasteiger partial charge in [0.25, 0.3) is 5.91 Å². The molecule has 3 rings (SSSR count). The number of nitrogens with zero attached hydrogens (tertiary/aromatic N) is 4. The molecule has 3 heterocycles. The molecule has 8 heteroatoms. The maximum absolute atomic E-state index is 12.8. The molecule has 0 atom stereocenters. The zero-order chi connectivity index (χ0) is 21.0. The van der Waals surface area contributed by atoms with Crippen molar-refractivity contribution in [3.63, 3.8) is 0 Å². The van der Waals surface area contributed by atoms with Crippen molar-refractivity contribution >= 4 is 5.91 Å². The van der Waals surface area contributed by atoms with E-state index in [2.05, 4.69) is 14.9 Å². The highest BCUT2D eigenvalue weighted by atomic mass is 19.4. The van der Waals surface area contributed by atoms with Crippen LogP contribution in [-0.2, 0) is 12.6 Å². The maximum atomic E-state index is 12.8. The summed E-state index contributed by atoms with van der Waals surface area (Å²) >= 11 is 0. The summed E-state index contributed by atoms with van der Waals surface area (Å²) in [7, 11) is 1.72. The second-order valence-electron chi connectivity index (χ2n) is 7.39. The Morgan fingerprint density at radius 1 is 1.21 bits per heavy atom. The van der Waals surface area contributed by atoms with E-state index in [0.717, 1.165) is 50.7 Å². The number of amides is 1. The maximum Gasteiger partial charge on any atom is 0.433 e. The van der Waals surface area contributed by atoms with Gasteiger partial charge in [-0.3, -0.25) is 9.78 Å². The molecule has 0 aromatic carbocycles. The third-order valence-electron chi connectivity index (χ3n) is 5.44. The van der Waals surface area contributed by atoms with E-state index in [1.165, 1.54) is 13.0 Å². The SMILES string of the molecule is Cc1nc(C(F)(F)F)ccc1C(=O)N(C)C1CCN(CCc2ccccn2)CC1. The fraction of sp³-hybridized carbons (Fsp3) is 0.476. The first-order chi connectivity index (χ1) is 13.8. The Labute approximate surface area is 168 Å². The quantitative estimate of drug-likeness (QED) is 0.762. The minimum Gasteiger partial charge on any atom is -0.339 e. The molecular formula is C21H25F3N4O. The summed E-state index contributed by atoms with van der Waals surface area (Å²) in [5.74, 6) is -0.282. The van der Waals surface area contributed by atoms with Crippen molar-refractivity contribution < 1.29 is 18.0 Å². The highest BCUT2D eigenvalue weighted by molar-refractivity contribution is 5.95. The van der Waals surface area contributed by atoms with Crippen LogP contribution in [0.2, 0.25) is 0 Å². The number of hydrogen-bond acceptors (Lipinski definition) is 4. The number of hydrogen-bond donors (Lipinski definition) is 0. The van der Waals surface area contributed by atoms with Crippen molar-refractivity contribution in [1.29, 1.82) is 0 Å². The first-order valence-electron chi connectivity index (χ1n) is 9.70. The third kappa shape index (κ3) is 5.32. The lowest BCUT2D eigenvalue weighted by Gasteiger charge is -2.37. The zero-order valence-electron chi connectivity index (χ0n) is 16.6. The molecule has 29 heavy (non-hydrogen) atoms. The molecule has 1 aliphatic heterocycles. The van der Waals surface area contributed by atoms with Crippen molar-refractivity contribution in [3.05, 3.63) is 59.2 Å². The molecule has 0 bridgehead atoms. The monoisotopic (exact) mass is 406 g/mol. The van der Waals surface area contributed by atoms with Gasteiger partial charge in [0.2, 0.25) is 0 Å². The average molecular weight is 406 g/mol. The van der Waals surface area contributed by atoms with Gasteiger partial charge in [-0.15, -0.1) is 0 Å². The first-order valence-corrected chi connectivity index (χ1v) is 9.70. The van der Waals surface area contributed by atoms with Crippen molar-refractivity contribution in [2.45, 2.75) is 38.4 Å². The van der Waals surface area contributed by atoms with Crippen LogP contribution in [0.4, 0.5) is 13.2 Å². The molecule has 0 aliphatic carbocycles. The van der Waals surface area contributed by atoms with Crippen molar-refractivity contribution in [1.82, 2.24) is 19.8 Å². The van der Waals surface area contributed by atoms with Crippen LogP contribution in [0.1, 0.15) is 40.3 Å².